The Morgan fingerprint density at radius 1 is 1.35 bits per heavy atom. The lowest BCUT2D eigenvalue weighted by Crippen LogP contribution is -2.23. The largest absolute Gasteiger partial charge is 0.361 e. The normalized spacial score (nSPS) is 20.2. The van der Waals surface area contributed by atoms with Crippen LogP contribution in [0, 0.1) is 0 Å². The van der Waals surface area contributed by atoms with Crippen LogP contribution in [0.25, 0.3) is 10.9 Å². The van der Waals surface area contributed by atoms with E-state index in [2.05, 4.69) is 41.6 Å². The highest BCUT2D eigenvalue weighted by molar-refractivity contribution is 5.84. The van der Waals surface area contributed by atoms with E-state index in [0.29, 0.717) is 6.04 Å². The van der Waals surface area contributed by atoms with Crippen molar-refractivity contribution in [2.75, 3.05) is 6.54 Å². The number of hydrogen-bond acceptors (Lipinski definition) is 1. The summed E-state index contributed by atoms with van der Waals surface area (Å²) in [5.41, 5.74) is 4.17. The average Bonchev–Trinajstić information content (AvgIpc) is 2.99. The minimum absolute atomic E-state index is 0.680. The lowest BCUT2D eigenvalue weighted by atomic mass is 10.0. The quantitative estimate of drug-likeness (QED) is 0.830. The summed E-state index contributed by atoms with van der Waals surface area (Å²) >= 11 is 0. The van der Waals surface area contributed by atoms with E-state index in [4.69, 9.17) is 0 Å². The van der Waals surface area contributed by atoms with Gasteiger partial charge in [-0.3, -0.25) is 0 Å². The highest BCUT2D eigenvalue weighted by atomic mass is 14.9. The van der Waals surface area contributed by atoms with Gasteiger partial charge in [0.2, 0.25) is 0 Å². The zero-order valence-corrected chi connectivity index (χ0v) is 10.4. The number of aromatic amines is 1. The van der Waals surface area contributed by atoms with Crippen LogP contribution in [0.15, 0.2) is 24.4 Å². The Bertz CT molecular complexity index is 507. The van der Waals surface area contributed by atoms with Crippen LogP contribution < -0.4 is 5.32 Å². The van der Waals surface area contributed by atoms with E-state index in [1.54, 1.807) is 0 Å². The third kappa shape index (κ3) is 2.09. The van der Waals surface area contributed by atoms with E-state index >= 15 is 0 Å². The predicted octanol–water partition coefficient (Wildman–Crippen LogP) is 3.02. The number of benzene rings is 1. The molecule has 2 heteroatoms. The summed E-state index contributed by atoms with van der Waals surface area (Å²) in [4.78, 5) is 3.39. The second-order valence-corrected chi connectivity index (χ2v) is 5.04. The Morgan fingerprint density at radius 2 is 2.29 bits per heavy atom. The third-order valence-electron chi connectivity index (χ3n) is 3.87. The monoisotopic (exact) mass is 228 g/mol. The lowest BCUT2D eigenvalue weighted by molar-refractivity contribution is 0.605. The summed E-state index contributed by atoms with van der Waals surface area (Å²) < 4.78 is 0. The number of hydrogen-bond donors (Lipinski definition) is 2. The van der Waals surface area contributed by atoms with Gasteiger partial charge in [0.1, 0.15) is 0 Å². The molecule has 3 rings (SSSR count). The van der Waals surface area contributed by atoms with Crippen LogP contribution in [0.1, 0.15) is 30.9 Å². The van der Waals surface area contributed by atoms with Crippen LogP contribution in [-0.2, 0) is 12.8 Å². The smallest absolute Gasteiger partial charge is 0.0456 e. The zero-order valence-electron chi connectivity index (χ0n) is 10.4. The summed E-state index contributed by atoms with van der Waals surface area (Å²) in [5.74, 6) is 0. The fraction of sp³-hybridized carbons (Fsp3) is 0.467. The molecule has 2 N–H and O–H groups in total. The van der Waals surface area contributed by atoms with Crippen molar-refractivity contribution < 1.29 is 0 Å². The molecule has 0 amide bonds. The van der Waals surface area contributed by atoms with Crippen LogP contribution >= 0.6 is 0 Å². The molecular weight excluding hydrogens is 208 g/mol. The van der Waals surface area contributed by atoms with E-state index in [9.17, 15) is 0 Å². The first-order valence-electron chi connectivity index (χ1n) is 6.69. The standard InChI is InChI=1S/C15H20N2/c1-2-11-5-6-15-14(8-11)12(10-17-15)9-13-4-3-7-16-13/h5-6,8,10,13,16-17H,2-4,7,9H2,1H3/t13-/m1/s1. The summed E-state index contributed by atoms with van der Waals surface area (Å²) in [6.45, 7) is 3.40. The van der Waals surface area contributed by atoms with E-state index in [-0.39, 0.29) is 0 Å². The number of H-pyrrole nitrogens is 1. The van der Waals surface area contributed by atoms with Crippen molar-refractivity contribution in [3.05, 3.63) is 35.5 Å². The van der Waals surface area contributed by atoms with Gasteiger partial charge in [0.25, 0.3) is 0 Å². The van der Waals surface area contributed by atoms with Gasteiger partial charge in [-0.15, -0.1) is 0 Å². The van der Waals surface area contributed by atoms with Crippen molar-refractivity contribution in [3.63, 3.8) is 0 Å². The molecule has 2 nitrogen and oxygen atoms in total. The van der Waals surface area contributed by atoms with Gasteiger partial charge < -0.3 is 10.3 Å². The Hall–Kier alpha value is -1.28. The van der Waals surface area contributed by atoms with Gasteiger partial charge in [-0.2, -0.15) is 0 Å². The number of aromatic nitrogens is 1. The van der Waals surface area contributed by atoms with Gasteiger partial charge in [0.05, 0.1) is 0 Å². The molecule has 90 valence electrons. The predicted molar refractivity (Wildman–Crippen MR) is 72.4 cm³/mol. The van der Waals surface area contributed by atoms with Gasteiger partial charge in [-0.05, 0) is 55.5 Å². The van der Waals surface area contributed by atoms with Crippen LogP contribution in [0.4, 0.5) is 0 Å². The summed E-state index contributed by atoms with van der Waals surface area (Å²) in [7, 11) is 0. The Morgan fingerprint density at radius 3 is 3.06 bits per heavy atom. The van der Waals surface area contributed by atoms with Gasteiger partial charge in [-0.1, -0.05) is 13.0 Å². The lowest BCUT2D eigenvalue weighted by Gasteiger charge is -2.09. The van der Waals surface area contributed by atoms with Gasteiger partial charge in [-0.25, -0.2) is 0 Å². The highest BCUT2D eigenvalue weighted by Gasteiger charge is 2.16. The molecule has 0 aliphatic carbocycles. The first-order chi connectivity index (χ1) is 8.36. The van der Waals surface area contributed by atoms with Crippen molar-refractivity contribution in [2.45, 2.75) is 38.6 Å². The molecular formula is C15H20N2. The SMILES string of the molecule is CCc1ccc2[nH]cc(C[C@H]3CCCN3)c2c1. The van der Waals surface area contributed by atoms with E-state index in [1.165, 1.54) is 41.4 Å². The maximum atomic E-state index is 3.57. The molecule has 2 heterocycles. The molecule has 2 aromatic rings. The Kier molecular flexibility index (Phi) is 2.89. The molecule has 1 atom stereocenters. The number of fused-ring (bicyclic) bond motifs is 1. The van der Waals surface area contributed by atoms with Crippen molar-refractivity contribution in [1.82, 2.24) is 10.3 Å². The summed E-state index contributed by atoms with van der Waals surface area (Å²) in [5, 5.41) is 4.99. The summed E-state index contributed by atoms with van der Waals surface area (Å²) in [6.07, 6.45) is 7.10. The van der Waals surface area contributed by atoms with Gasteiger partial charge in [0.15, 0.2) is 0 Å². The second kappa shape index (κ2) is 4.53. The molecule has 1 aliphatic rings. The van der Waals surface area contributed by atoms with Crippen LogP contribution in [0.5, 0.6) is 0 Å². The molecule has 0 bridgehead atoms. The second-order valence-electron chi connectivity index (χ2n) is 5.04. The molecule has 1 fully saturated rings. The maximum absolute atomic E-state index is 3.57. The first kappa shape index (κ1) is 10.8. The molecule has 0 saturated carbocycles. The fourth-order valence-corrected chi connectivity index (χ4v) is 2.81. The van der Waals surface area contributed by atoms with Crippen LogP contribution in [0.3, 0.4) is 0 Å². The van der Waals surface area contributed by atoms with Crippen molar-refractivity contribution >= 4 is 10.9 Å². The van der Waals surface area contributed by atoms with E-state index in [1.807, 2.05) is 0 Å². The average molecular weight is 228 g/mol. The molecule has 1 aromatic carbocycles. The number of nitrogens with one attached hydrogen (secondary N) is 2. The molecule has 1 aliphatic heterocycles. The molecule has 0 spiro atoms. The number of rotatable bonds is 3. The molecule has 1 saturated heterocycles. The minimum atomic E-state index is 0.680. The molecule has 0 radical (unpaired) electrons. The van der Waals surface area contributed by atoms with Crippen molar-refractivity contribution in [1.29, 1.82) is 0 Å². The van der Waals surface area contributed by atoms with Gasteiger partial charge >= 0.3 is 0 Å². The fourth-order valence-electron chi connectivity index (χ4n) is 2.81. The Labute approximate surface area is 102 Å². The molecule has 1 aromatic heterocycles. The minimum Gasteiger partial charge on any atom is -0.361 e. The van der Waals surface area contributed by atoms with E-state index < -0.39 is 0 Å². The third-order valence-corrected chi connectivity index (χ3v) is 3.87. The first-order valence-corrected chi connectivity index (χ1v) is 6.69. The van der Waals surface area contributed by atoms with Crippen LogP contribution in [0.2, 0.25) is 0 Å². The maximum Gasteiger partial charge on any atom is 0.0456 e. The molecule has 17 heavy (non-hydrogen) atoms. The zero-order chi connectivity index (χ0) is 11.7. The number of aryl methyl sites for hydroxylation is 1. The highest BCUT2D eigenvalue weighted by Crippen LogP contribution is 2.23. The Balaban J connectivity index is 1.92. The molecule has 0 unspecified atom stereocenters. The summed E-state index contributed by atoms with van der Waals surface area (Å²) in [6, 6.07) is 7.45. The topological polar surface area (TPSA) is 27.8 Å². The van der Waals surface area contributed by atoms with E-state index in [0.717, 1.165) is 12.8 Å². The van der Waals surface area contributed by atoms with Crippen LogP contribution in [-0.4, -0.2) is 17.6 Å². The van der Waals surface area contributed by atoms with Gasteiger partial charge in [0, 0.05) is 23.1 Å². The van der Waals surface area contributed by atoms with Crippen molar-refractivity contribution in [2.24, 2.45) is 0 Å². The van der Waals surface area contributed by atoms with Crippen molar-refractivity contribution in [3.8, 4) is 0 Å².